The van der Waals surface area contributed by atoms with Gasteiger partial charge in [-0.2, -0.15) is 9.78 Å². The minimum atomic E-state index is -0.525. The summed E-state index contributed by atoms with van der Waals surface area (Å²) in [6, 6.07) is 15.4. The average Bonchev–Trinajstić information content (AvgIpc) is 3.42. The van der Waals surface area contributed by atoms with Gasteiger partial charge in [0.1, 0.15) is 12.4 Å². The van der Waals surface area contributed by atoms with E-state index in [4.69, 9.17) is 10.5 Å². The van der Waals surface area contributed by atoms with E-state index >= 15 is 0 Å². The van der Waals surface area contributed by atoms with E-state index in [1.54, 1.807) is 13.8 Å². The second-order valence-corrected chi connectivity index (χ2v) is 7.90. The fourth-order valence-electron chi connectivity index (χ4n) is 2.87. The first-order chi connectivity index (χ1) is 15.9. The van der Waals surface area contributed by atoms with Crippen LogP contribution in [0.1, 0.15) is 34.2 Å². The zero-order valence-electron chi connectivity index (χ0n) is 17.7. The molecule has 3 N–H and O–H groups in total. The number of hydrazone groups is 1. The zero-order valence-corrected chi connectivity index (χ0v) is 19.3. The number of amides is 1. The van der Waals surface area contributed by atoms with Gasteiger partial charge in [-0.15, -0.1) is 5.10 Å². The number of nitrogens with one attached hydrogen (secondary N) is 1. The fourth-order valence-corrected chi connectivity index (χ4v) is 3.13. The van der Waals surface area contributed by atoms with Gasteiger partial charge in [-0.25, -0.2) is 10.1 Å². The van der Waals surface area contributed by atoms with Crippen molar-refractivity contribution in [2.45, 2.75) is 20.5 Å². The Labute approximate surface area is 196 Å². The lowest BCUT2D eigenvalue weighted by Crippen LogP contribution is -2.21. The molecule has 0 bridgehead atoms. The van der Waals surface area contributed by atoms with E-state index in [9.17, 15) is 4.79 Å². The summed E-state index contributed by atoms with van der Waals surface area (Å²) < 4.78 is 12.7. The van der Waals surface area contributed by atoms with Gasteiger partial charge < -0.3 is 10.5 Å². The van der Waals surface area contributed by atoms with Crippen LogP contribution in [0, 0.1) is 6.92 Å². The van der Waals surface area contributed by atoms with Crippen LogP contribution in [0.5, 0.6) is 5.75 Å². The molecule has 0 radical (unpaired) electrons. The van der Waals surface area contributed by atoms with Gasteiger partial charge in [0.15, 0.2) is 5.69 Å². The number of rotatable bonds is 7. The summed E-state index contributed by atoms with van der Waals surface area (Å²) in [7, 11) is 0. The Hall–Kier alpha value is -4.06. The highest BCUT2D eigenvalue weighted by molar-refractivity contribution is 9.10. The van der Waals surface area contributed by atoms with Gasteiger partial charge in [0, 0.05) is 4.47 Å². The number of anilines is 1. The molecule has 2 heterocycles. The molecule has 0 fully saturated rings. The lowest BCUT2D eigenvalue weighted by Gasteiger charge is -2.08. The topological polar surface area (TPSA) is 146 Å². The highest BCUT2D eigenvalue weighted by Crippen LogP contribution is 2.17. The number of halogens is 1. The summed E-state index contributed by atoms with van der Waals surface area (Å²) in [6.45, 7) is 3.89. The first-order valence-corrected chi connectivity index (χ1v) is 10.5. The minimum absolute atomic E-state index is 0.0353. The molecule has 33 heavy (non-hydrogen) atoms. The molecular formula is C21H19BrN8O3. The molecule has 11 nitrogen and oxygen atoms in total. The normalized spacial score (nSPS) is 11.4. The van der Waals surface area contributed by atoms with E-state index in [0.717, 1.165) is 21.3 Å². The molecule has 2 aromatic heterocycles. The molecule has 0 saturated heterocycles. The lowest BCUT2D eigenvalue weighted by atomic mass is 10.1. The van der Waals surface area contributed by atoms with Crippen molar-refractivity contribution in [2.24, 2.45) is 5.10 Å². The number of carbonyl (C=O) groups is 1. The molecule has 0 unspecified atom stereocenters. The molecule has 0 aliphatic carbocycles. The molecule has 0 saturated carbocycles. The second kappa shape index (κ2) is 9.61. The van der Waals surface area contributed by atoms with E-state index in [0.29, 0.717) is 18.0 Å². The maximum atomic E-state index is 12.5. The van der Waals surface area contributed by atoms with Crippen molar-refractivity contribution in [1.82, 2.24) is 30.7 Å². The van der Waals surface area contributed by atoms with Gasteiger partial charge in [0.2, 0.25) is 11.6 Å². The van der Waals surface area contributed by atoms with Crippen LogP contribution in [0.25, 0.3) is 5.82 Å². The van der Waals surface area contributed by atoms with Crippen LogP contribution in [-0.2, 0) is 6.61 Å². The van der Waals surface area contributed by atoms with Crippen molar-refractivity contribution < 1.29 is 14.2 Å². The molecule has 0 atom stereocenters. The number of hydrogen-bond acceptors (Lipinski definition) is 9. The summed E-state index contributed by atoms with van der Waals surface area (Å²) >= 11 is 3.41. The number of nitrogens with zero attached hydrogens (tertiary/aromatic N) is 6. The minimum Gasteiger partial charge on any atom is -0.489 e. The largest absolute Gasteiger partial charge is 0.489 e. The van der Waals surface area contributed by atoms with Gasteiger partial charge >= 0.3 is 0 Å². The number of ether oxygens (including phenoxy) is 1. The highest BCUT2D eigenvalue weighted by atomic mass is 79.9. The summed E-state index contributed by atoms with van der Waals surface area (Å²) in [6.07, 6.45) is 0. The Morgan fingerprint density at radius 2 is 1.91 bits per heavy atom. The molecule has 1 amide bonds. The first kappa shape index (κ1) is 22.1. The van der Waals surface area contributed by atoms with Crippen molar-refractivity contribution in [3.8, 4) is 11.6 Å². The average molecular weight is 511 g/mol. The molecule has 12 heteroatoms. The third-order valence-electron chi connectivity index (χ3n) is 4.72. The van der Waals surface area contributed by atoms with Crippen molar-refractivity contribution in [3.63, 3.8) is 0 Å². The Morgan fingerprint density at radius 1 is 1.18 bits per heavy atom. The third-order valence-corrected chi connectivity index (χ3v) is 5.25. The molecule has 0 aliphatic heterocycles. The van der Waals surface area contributed by atoms with Gasteiger partial charge in [-0.1, -0.05) is 33.3 Å². The van der Waals surface area contributed by atoms with Crippen LogP contribution < -0.4 is 15.9 Å². The first-order valence-electron chi connectivity index (χ1n) is 9.75. The van der Waals surface area contributed by atoms with Gasteiger partial charge in [-0.05, 0) is 71.7 Å². The lowest BCUT2D eigenvalue weighted by molar-refractivity contribution is 0.0949. The third kappa shape index (κ3) is 5.06. The molecule has 4 rings (SSSR count). The number of hydrogen-bond donors (Lipinski definition) is 2. The van der Waals surface area contributed by atoms with E-state index < -0.39 is 5.91 Å². The van der Waals surface area contributed by atoms with E-state index in [1.807, 2.05) is 48.5 Å². The van der Waals surface area contributed by atoms with Gasteiger partial charge in [0.25, 0.3) is 5.91 Å². The van der Waals surface area contributed by atoms with Gasteiger partial charge in [-0.3, -0.25) is 4.79 Å². The molecule has 2 aromatic carbocycles. The number of nitrogen functional groups attached to an aromatic ring is 1. The van der Waals surface area contributed by atoms with Crippen LogP contribution in [0.15, 0.2) is 62.7 Å². The second-order valence-electron chi connectivity index (χ2n) is 6.99. The zero-order chi connectivity index (χ0) is 23.4. The SMILES string of the molecule is CC(=NNC(=O)c1nnn(-c2nonc2N)c1C)c1ccc(OCc2ccc(Br)cc2)cc1. The number of carbonyl (C=O) groups excluding carboxylic acids is 1. The van der Waals surface area contributed by atoms with Crippen LogP contribution in [0.3, 0.4) is 0 Å². The Morgan fingerprint density at radius 3 is 2.58 bits per heavy atom. The molecule has 168 valence electrons. The molecule has 0 spiro atoms. The van der Waals surface area contributed by atoms with Crippen molar-refractivity contribution in [2.75, 3.05) is 5.73 Å². The van der Waals surface area contributed by atoms with Crippen LogP contribution >= 0.6 is 15.9 Å². The highest BCUT2D eigenvalue weighted by Gasteiger charge is 2.20. The van der Waals surface area contributed by atoms with E-state index in [1.165, 1.54) is 4.68 Å². The van der Waals surface area contributed by atoms with Gasteiger partial charge in [0.05, 0.1) is 11.4 Å². The summed E-state index contributed by atoms with van der Waals surface area (Å²) in [4.78, 5) is 12.5. The molecule has 0 aliphatic rings. The maximum Gasteiger partial charge on any atom is 0.293 e. The van der Waals surface area contributed by atoms with Crippen LogP contribution in [-0.4, -0.2) is 36.9 Å². The standard InChI is InChI=1S/C21H19BrN8O3/c1-12(15-5-9-17(10-6-15)32-11-14-3-7-16(22)8-4-14)24-26-21(31)18-13(2)30(29-25-18)20-19(23)27-33-28-20/h3-10H,11H2,1-2H3,(H2,23,27)(H,26,31). The van der Waals surface area contributed by atoms with E-state index in [2.05, 4.69) is 51.7 Å². The van der Waals surface area contributed by atoms with E-state index in [-0.39, 0.29) is 17.3 Å². The quantitative estimate of drug-likeness (QED) is 0.284. The predicted molar refractivity (Wildman–Crippen MR) is 123 cm³/mol. The van der Waals surface area contributed by atoms with Crippen molar-refractivity contribution in [3.05, 3.63) is 75.5 Å². The molecule has 4 aromatic rings. The van der Waals surface area contributed by atoms with Crippen LogP contribution in [0.2, 0.25) is 0 Å². The number of nitrogens with two attached hydrogens (primary N) is 1. The summed E-state index contributed by atoms with van der Waals surface area (Å²) in [5, 5.41) is 19.0. The maximum absolute atomic E-state index is 12.5. The number of aromatic nitrogens is 5. The summed E-state index contributed by atoms with van der Waals surface area (Å²) in [5.41, 5.74) is 11.1. The monoisotopic (exact) mass is 510 g/mol. The smallest absolute Gasteiger partial charge is 0.293 e. The Balaban J connectivity index is 1.37. The van der Waals surface area contributed by atoms with Crippen molar-refractivity contribution in [1.29, 1.82) is 0 Å². The Kier molecular flexibility index (Phi) is 6.45. The van der Waals surface area contributed by atoms with Crippen LogP contribution in [0.4, 0.5) is 5.82 Å². The molecular weight excluding hydrogens is 492 g/mol. The Bertz CT molecular complexity index is 1300. The van der Waals surface area contributed by atoms with Crippen molar-refractivity contribution >= 4 is 33.4 Å². The predicted octanol–water partition coefficient (Wildman–Crippen LogP) is 3.04. The number of benzene rings is 2. The fraction of sp³-hybridized carbons (Fsp3) is 0.143. The summed E-state index contributed by atoms with van der Waals surface area (Å²) in [5.74, 6) is 0.393.